The maximum Gasteiger partial charge on any atom is 0.352 e. The fourth-order valence-corrected chi connectivity index (χ4v) is 5.74. The van der Waals surface area contributed by atoms with Crippen molar-refractivity contribution in [3.63, 3.8) is 0 Å². The molecule has 14 heteroatoms. The molecule has 1 unspecified atom stereocenters. The molecule has 0 aliphatic carbocycles. The van der Waals surface area contributed by atoms with Crippen molar-refractivity contribution in [1.29, 1.82) is 0 Å². The highest BCUT2D eigenvalue weighted by atomic mass is 32.2. The zero-order valence-corrected chi connectivity index (χ0v) is 17.3. The van der Waals surface area contributed by atoms with Gasteiger partial charge >= 0.3 is 5.97 Å². The van der Waals surface area contributed by atoms with E-state index < -0.39 is 44.8 Å². The first-order chi connectivity index (χ1) is 13.1. The Balaban J connectivity index is 1.73. The minimum Gasteiger partial charge on any atom is -0.477 e. The highest BCUT2D eigenvalue weighted by molar-refractivity contribution is 8.01. The number of β-lactam (4-membered cyclic amide) rings is 1. The number of aromatic nitrogens is 3. The molecular formula is C14H17N5O6S3. The second-order valence-corrected chi connectivity index (χ2v) is 10.5. The van der Waals surface area contributed by atoms with Crippen LogP contribution in [0.25, 0.3) is 0 Å². The Kier molecular flexibility index (Phi) is 5.72. The second-order valence-electron chi connectivity index (χ2n) is 6.30. The van der Waals surface area contributed by atoms with Crippen molar-refractivity contribution in [2.45, 2.75) is 16.6 Å². The predicted molar refractivity (Wildman–Crippen MR) is 101 cm³/mol. The Bertz CT molecular complexity index is 972. The molecule has 2 N–H and O–H groups in total. The van der Waals surface area contributed by atoms with Crippen molar-refractivity contribution in [2.75, 3.05) is 23.5 Å². The summed E-state index contributed by atoms with van der Waals surface area (Å²) in [7, 11) is -1.76. The first kappa shape index (κ1) is 20.7. The lowest BCUT2D eigenvalue weighted by molar-refractivity contribution is -0.150. The number of carbonyl (C=O) groups excluding carboxylic acids is 2. The van der Waals surface area contributed by atoms with Gasteiger partial charge in [-0.2, -0.15) is 0 Å². The molecule has 2 aliphatic rings. The quantitative estimate of drug-likeness (QED) is 0.381. The minimum absolute atomic E-state index is 0.1000. The van der Waals surface area contributed by atoms with Gasteiger partial charge in [0, 0.05) is 24.8 Å². The highest BCUT2D eigenvalue weighted by Gasteiger charge is 2.54. The van der Waals surface area contributed by atoms with E-state index in [0.29, 0.717) is 22.2 Å². The Hall–Kier alpha value is -2.06. The van der Waals surface area contributed by atoms with Crippen LogP contribution in [0.2, 0.25) is 0 Å². The molecule has 3 heterocycles. The number of carbonyl (C=O) groups is 3. The topological polar surface area (TPSA) is 152 Å². The number of amides is 2. The number of carboxylic acids is 1. The molecule has 2 amide bonds. The summed E-state index contributed by atoms with van der Waals surface area (Å²) < 4.78 is 24.1. The number of nitrogens with zero attached hydrogens (tertiary/aromatic N) is 4. The molecular weight excluding hydrogens is 430 g/mol. The number of hydrogen-bond acceptors (Lipinski definition) is 9. The standard InChI is InChI=1S/C14H17N5O6S3/c1-18-6-15-17-14(18)27-4-7-3-26-12-9(16-8(20)5-28(2,24)25)11(21)19(12)10(7)13(22)23/h6,9,12H,3-5H2,1-2H3,(H,16,20)(H,22,23)/t9?,12-/m1/s1. The Morgan fingerprint density at radius 3 is 2.75 bits per heavy atom. The van der Waals surface area contributed by atoms with Gasteiger partial charge in [-0.05, 0) is 5.57 Å². The van der Waals surface area contributed by atoms with Crippen LogP contribution in [-0.2, 0) is 31.3 Å². The molecule has 0 spiro atoms. The lowest BCUT2D eigenvalue weighted by atomic mass is 10.0. The Labute approximate surface area is 168 Å². The first-order valence-corrected chi connectivity index (χ1v) is 12.0. The van der Waals surface area contributed by atoms with E-state index in [-0.39, 0.29) is 5.70 Å². The monoisotopic (exact) mass is 447 g/mol. The van der Waals surface area contributed by atoms with E-state index in [0.717, 1.165) is 11.2 Å². The summed E-state index contributed by atoms with van der Waals surface area (Å²) in [5, 5.41) is 19.7. The molecule has 2 aliphatic heterocycles. The number of thioether (sulfide) groups is 2. The van der Waals surface area contributed by atoms with Crippen molar-refractivity contribution >= 4 is 51.1 Å². The van der Waals surface area contributed by atoms with Gasteiger partial charge in [-0.1, -0.05) is 11.8 Å². The number of nitrogens with one attached hydrogen (secondary N) is 1. The van der Waals surface area contributed by atoms with Gasteiger partial charge in [0.25, 0.3) is 5.91 Å². The zero-order valence-electron chi connectivity index (χ0n) is 14.9. The maximum absolute atomic E-state index is 12.5. The maximum atomic E-state index is 12.5. The van der Waals surface area contributed by atoms with Crippen molar-refractivity contribution in [1.82, 2.24) is 25.0 Å². The summed E-state index contributed by atoms with van der Waals surface area (Å²) >= 11 is 2.63. The Morgan fingerprint density at radius 2 is 2.18 bits per heavy atom. The molecule has 1 saturated heterocycles. The third-order valence-corrected chi connectivity index (χ3v) is 7.25. The van der Waals surface area contributed by atoms with Crippen molar-refractivity contribution in [3.05, 3.63) is 17.6 Å². The van der Waals surface area contributed by atoms with E-state index in [1.165, 1.54) is 29.9 Å². The fourth-order valence-electron chi connectivity index (χ4n) is 2.80. The number of carboxylic acid groups (broad SMARTS) is 1. The molecule has 1 aromatic rings. The molecule has 1 fully saturated rings. The van der Waals surface area contributed by atoms with Crippen LogP contribution in [0, 0.1) is 0 Å². The third-order valence-electron chi connectivity index (χ3n) is 4.00. The van der Waals surface area contributed by atoms with Gasteiger partial charge in [0.2, 0.25) is 5.91 Å². The molecule has 0 saturated carbocycles. The summed E-state index contributed by atoms with van der Waals surface area (Å²) in [5.41, 5.74) is 0.466. The van der Waals surface area contributed by atoms with Crippen LogP contribution in [-0.4, -0.2) is 85.9 Å². The van der Waals surface area contributed by atoms with Crippen LogP contribution in [0.4, 0.5) is 0 Å². The van der Waals surface area contributed by atoms with E-state index in [2.05, 4.69) is 15.5 Å². The number of hydrogen-bond donors (Lipinski definition) is 2. The van der Waals surface area contributed by atoms with E-state index in [1.54, 1.807) is 11.6 Å². The number of sulfone groups is 1. The summed E-state index contributed by atoms with van der Waals surface area (Å²) in [6.07, 6.45) is 2.45. The van der Waals surface area contributed by atoms with Gasteiger partial charge in [-0.3, -0.25) is 14.5 Å². The molecule has 152 valence electrons. The summed E-state index contributed by atoms with van der Waals surface area (Å²) in [6, 6.07) is -0.943. The van der Waals surface area contributed by atoms with Crippen LogP contribution in [0.15, 0.2) is 22.8 Å². The van der Waals surface area contributed by atoms with Gasteiger partial charge in [0.15, 0.2) is 15.0 Å². The van der Waals surface area contributed by atoms with E-state index >= 15 is 0 Å². The average Bonchev–Trinajstić information content (AvgIpc) is 3.00. The predicted octanol–water partition coefficient (Wildman–Crippen LogP) is -1.31. The van der Waals surface area contributed by atoms with E-state index in [4.69, 9.17) is 0 Å². The molecule has 0 aromatic carbocycles. The van der Waals surface area contributed by atoms with E-state index in [1.807, 2.05) is 0 Å². The smallest absolute Gasteiger partial charge is 0.352 e. The van der Waals surface area contributed by atoms with Gasteiger partial charge in [-0.15, -0.1) is 22.0 Å². The average molecular weight is 448 g/mol. The lowest BCUT2D eigenvalue weighted by Gasteiger charge is -2.49. The molecule has 3 rings (SSSR count). The summed E-state index contributed by atoms with van der Waals surface area (Å²) in [6.45, 7) is 0. The van der Waals surface area contributed by atoms with Gasteiger partial charge in [0.1, 0.15) is 29.2 Å². The van der Waals surface area contributed by atoms with Crippen LogP contribution in [0.1, 0.15) is 0 Å². The summed E-state index contributed by atoms with van der Waals surface area (Å²) in [4.78, 5) is 37.2. The number of aliphatic carboxylic acids is 1. The number of rotatable bonds is 7. The summed E-state index contributed by atoms with van der Waals surface area (Å²) in [5.74, 6) is -2.63. The van der Waals surface area contributed by atoms with Gasteiger partial charge < -0.3 is 15.0 Å². The molecule has 28 heavy (non-hydrogen) atoms. The molecule has 0 radical (unpaired) electrons. The highest BCUT2D eigenvalue weighted by Crippen LogP contribution is 2.41. The number of fused-ring (bicyclic) bond motifs is 1. The molecule has 11 nitrogen and oxygen atoms in total. The first-order valence-electron chi connectivity index (χ1n) is 7.92. The molecule has 1 aromatic heterocycles. The van der Waals surface area contributed by atoms with Crippen molar-refractivity contribution in [2.24, 2.45) is 7.05 Å². The SMILES string of the molecule is Cn1cnnc1SCC1=C(C(=O)O)N2C(=O)C(NC(=O)CS(C)(=O)=O)[C@H]2SC1. The minimum atomic E-state index is -3.53. The largest absolute Gasteiger partial charge is 0.477 e. The lowest BCUT2D eigenvalue weighted by Crippen LogP contribution is -2.70. The normalized spacial score (nSPS) is 21.9. The molecule has 0 bridgehead atoms. The van der Waals surface area contributed by atoms with Crippen LogP contribution in [0.3, 0.4) is 0 Å². The zero-order chi connectivity index (χ0) is 20.6. The van der Waals surface area contributed by atoms with Crippen LogP contribution >= 0.6 is 23.5 Å². The van der Waals surface area contributed by atoms with Crippen molar-refractivity contribution in [3.8, 4) is 0 Å². The van der Waals surface area contributed by atoms with Crippen LogP contribution < -0.4 is 5.32 Å². The van der Waals surface area contributed by atoms with Crippen LogP contribution in [0.5, 0.6) is 0 Å². The van der Waals surface area contributed by atoms with E-state index in [9.17, 15) is 27.9 Å². The molecule has 2 atom stereocenters. The Morgan fingerprint density at radius 1 is 1.46 bits per heavy atom. The third kappa shape index (κ3) is 4.17. The van der Waals surface area contributed by atoms with Gasteiger partial charge in [0.05, 0.1) is 0 Å². The second kappa shape index (κ2) is 7.75. The van der Waals surface area contributed by atoms with Crippen molar-refractivity contribution < 1.29 is 27.9 Å². The fraction of sp³-hybridized carbons (Fsp3) is 0.500. The van der Waals surface area contributed by atoms with Gasteiger partial charge in [-0.25, -0.2) is 13.2 Å². The number of aryl methyl sites for hydroxylation is 1.